The topological polar surface area (TPSA) is 105 Å². The van der Waals surface area contributed by atoms with Crippen molar-refractivity contribution < 1.29 is 23.1 Å². The number of ketones is 1. The summed E-state index contributed by atoms with van der Waals surface area (Å²) in [6.45, 7) is 1.86. The fourth-order valence-corrected chi connectivity index (χ4v) is 3.24. The molecule has 1 unspecified atom stereocenters. The van der Waals surface area contributed by atoms with Gasteiger partial charge in [-0.1, -0.05) is 5.16 Å². The first-order chi connectivity index (χ1) is 15.4. The highest BCUT2D eigenvalue weighted by Gasteiger charge is 2.39. The Kier molecular flexibility index (Phi) is 5.85. The zero-order valence-corrected chi connectivity index (χ0v) is 17.5. The summed E-state index contributed by atoms with van der Waals surface area (Å²) in [5.74, 6) is -2.10. The van der Waals surface area contributed by atoms with Crippen LogP contribution in [0.15, 0.2) is 48.0 Å². The molecule has 1 aliphatic rings. The van der Waals surface area contributed by atoms with Gasteiger partial charge in [-0.2, -0.15) is 0 Å². The Morgan fingerprint density at radius 2 is 1.97 bits per heavy atom. The minimum atomic E-state index is -0.996. The zero-order valence-electron chi connectivity index (χ0n) is 17.5. The lowest BCUT2D eigenvalue weighted by atomic mass is 10.0. The number of oxime groups is 1. The summed E-state index contributed by atoms with van der Waals surface area (Å²) in [6.07, 6.45) is 3.95. The number of benzene rings is 1. The number of rotatable bonds is 8. The van der Waals surface area contributed by atoms with Crippen molar-refractivity contribution in [2.75, 3.05) is 7.11 Å². The quantitative estimate of drug-likeness (QED) is 0.249. The van der Waals surface area contributed by atoms with Crippen LogP contribution < -0.4 is 10.5 Å². The van der Waals surface area contributed by atoms with Crippen LogP contribution in [0.5, 0.6) is 5.88 Å². The van der Waals surface area contributed by atoms with Crippen molar-refractivity contribution in [3.05, 3.63) is 71.4 Å². The second-order valence-corrected chi connectivity index (χ2v) is 7.51. The molecule has 3 aromatic rings. The first kappa shape index (κ1) is 21.4. The number of nitrogens with zero attached hydrogens (tertiary/aromatic N) is 4. The van der Waals surface area contributed by atoms with Crippen molar-refractivity contribution in [1.29, 1.82) is 0 Å². The lowest BCUT2D eigenvalue weighted by Crippen LogP contribution is -2.27. The highest BCUT2D eigenvalue weighted by Crippen LogP contribution is 2.36. The molecule has 1 atom stereocenters. The molecular formula is C22H21F2N5O3. The zero-order chi connectivity index (χ0) is 22.8. The number of carbonyl (C=O) groups is 1. The molecule has 0 bridgehead atoms. The number of ether oxygens (including phenoxy) is 1. The Hall–Kier alpha value is -3.82. The van der Waals surface area contributed by atoms with Gasteiger partial charge in [0.05, 0.1) is 19.1 Å². The summed E-state index contributed by atoms with van der Waals surface area (Å²) in [7, 11) is 1.48. The first-order valence-electron chi connectivity index (χ1n) is 9.91. The van der Waals surface area contributed by atoms with Gasteiger partial charge in [0.1, 0.15) is 23.0 Å². The Morgan fingerprint density at radius 1 is 1.25 bits per heavy atom. The van der Waals surface area contributed by atoms with E-state index in [1.807, 2.05) is 13.1 Å². The molecule has 32 heavy (non-hydrogen) atoms. The van der Waals surface area contributed by atoms with Gasteiger partial charge in [-0.05, 0) is 44.0 Å². The molecule has 10 heteroatoms. The molecule has 1 aromatic carbocycles. The molecule has 4 rings (SSSR count). The van der Waals surface area contributed by atoms with E-state index >= 15 is 0 Å². The SMILES string of the molecule is COc1nc(/C(N)=N/OC(C(=O)c2cc(F)cc(F)c2)C2CC2)ccc1-n1cnc(C)c1. The van der Waals surface area contributed by atoms with Gasteiger partial charge in [0.15, 0.2) is 11.9 Å². The van der Waals surface area contributed by atoms with Crippen molar-refractivity contribution in [3.63, 3.8) is 0 Å². The van der Waals surface area contributed by atoms with E-state index in [0.717, 1.165) is 30.7 Å². The number of amidine groups is 1. The first-order valence-corrected chi connectivity index (χ1v) is 9.91. The molecule has 2 aromatic heterocycles. The second kappa shape index (κ2) is 8.74. The summed E-state index contributed by atoms with van der Waals surface area (Å²) in [6, 6.07) is 6.02. The number of nitrogens with two attached hydrogens (primary N) is 1. The molecule has 0 amide bonds. The lowest BCUT2D eigenvalue weighted by Gasteiger charge is -2.14. The van der Waals surface area contributed by atoms with Crippen molar-refractivity contribution in [2.45, 2.75) is 25.9 Å². The molecule has 1 aliphatic carbocycles. The molecule has 1 fully saturated rings. The highest BCUT2D eigenvalue weighted by molar-refractivity contribution is 6.00. The van der Waals surface area contributed by atoms with E-state index in [1.165, 1.54) is 7.11 Å². The Bertz CT molecular complexity index is 1170. The van der Waals surface area contributed by atoms with Gasteiger partial charge in [0.25, 0.3) is 0 Å². The lowest BCUT2D eigenvalue weighted by molar-refractivity contribution is 0.0351. The predicted octanol–water partition coefficient (Wildman–Crippen LogP) is 3.16. The third kappa shape index (κ3) is 4.58. The summed E-state index contributed by atoms with van der Waals surface area (Å²) in [4.78, 5) is 26.7. The molecule has 8 nitrogen and oxygen atoms in total. The number of Topliss-reactive ketones (excluding diaryl/α,β-unsaturated/α-hetero) is 1. The molecular weight excluding hydrogens is 420 g/mol. The summed E-state index contributed by atoms with van der Waals surface area (Å²) >= 11 is 0. The van der Waals surface area contributed by atoms with Crippen molar-refractivity contribution in [1.82, 2.24) is 14.5 Å². The summed E-state index contributed by atoms with van der Waals surface area (Å²) < 4.78 is 34.2. The van der Waals surface area contributed by atoms with Gasteiger partial charge < -0.3 is 19.9 Å². The van der Waals surface area contributed by atoms with E-state index in [9.17, 15) is 13.6 Å². The van der Waals surface area contributed by atoms with Crippen LogP contribution in [-0.4, -0.2) is 39.4 Å². The molecule has 1 saturated carbocycles. The summed E-state index contributed by atoms with van der Waals surface area (Å²) in [5.41, 5.74) is 7.68. The second-order valence-electron chi connectivity index (χ2n) is 7.51. The number of halogens is 2. The van der Waals surface area contributed by atoms with Crippen LogP contribution in [0, 0.1) is 24.5 Å². The van der Waals surface area contributed by atoms with Crippen LogP contribution >= 0.6 is 0 Å². The minimum absolute atomic E-state index is 0.0689. The molecule has 0 spiro atoms. The molecule has 0 saturated heterocycles. The van der Waals surface area contributed by atoms with Gasteiger partial charge in [-0.15, -0.1) is 0 Å². The standard InChI is InChI=1S/C22H21F2N5O3/c1-12-10-29(11-26-12)18-6-5-17(27-22(18)31-2)21(25)28-32-20(13-3-4-13)19(30)14-7-15(23)9-16(24)8-14/h5-11,13,20H,3-4H2,1-2H3,(H2,25,28). The molecule has 166 valence electrons. The third-order valence-corrected chi connectivity index (χ3v) is 5.01. The van der Waals surface area contributed by atoms with Crippen LogP contribution in [0.1, 0.15) is 34.6 Å². The van der Waals surface area contributed by atoms with Gasteiger partial charge in [-0.3, -0.25) is 4.79 Å². The number of aryl methyl sites for hydroxylation is 1. The number of aromatic nitrogens is 3. The maximum absolute atomic E-state index is 13.5. The van der Waals surface area contributed by atoms with Crippen LogP contribution in [0.4, 0.5) is 8.78 Å². The van der Waals surface area contributed by atoms with Gasteiger partial charge in [0, 0.05) is 23.7 Å². The summed E-state index contributed by atoms with van der Waals surface area (Å²) in [5, 5.41) is 3.88. The normalized spacial score (nSPS) is 14.8. The van der Waals surface area contributed by atoms with E-state index in [0.29, 0.717) is 17.6 Å². The van der Waals surface area contributed by atoms with Crippen LogP contribution in [-0.2, 0) is 4.84 Å². The van der Waals surface area contributed by atoms with Gasteiger partial charge >= 0.3 is 0 Å². The fraction of sp³-hybridized carbons (Fsp3) is 0.273. The number of hydrogen-bond donors (Lipinski definition) is 1. The fourth-order valence-electron chi connectivity index (χ4n) is 3.24. The van der Waals surface area contributed by atoms with Crippen LogP contribution in [0.2, 0.25) is 0 Å². The van der Waals surface area contributed by atoms with E-state index in [2.05, 4.69) is 15.1 Å². The third-order valence-electron chi connectivity index (χ3n) is 5.01. The average molecular weight is 441 g/mol. The van der Waals surface area contributed by atoms with Gasteiger partial charge in [0.2, 0.25) is 11.7 Å². The molecule has 2 N–H and O–H groups in total. The van der Waals surface area contributed by atoms with Crippen molar-refractivity contribution >= 4 is 11.6 Å². The maximum Gasteiger partial charge on any atom is 0.238 e. The van der Waals surface area contributed by atoms with Crippen LogP contribution in [0.3, 0.4) is 0 Å². The van der Waals surface area contributed by atoms with E-state index in [-0.39, 0.29) is 23.0 Å². The number of hydrogen-bond acceptors (Lipinski definition) is 6. The number of carbonyl (C=O) groups excluding carboxylic acids is 1. The predicted molar refractivity (Wildman–Crippen MR) is 112 cm³/mol. The number of imidazole rings is 1. The van der Waals surface area contributed by atoms with E-state index in [1.54, 1.807) is 23.0 Å². The van der Waals surface area contributed by atoms with E-state index in [4.69, 9.17) is 15.3 Å². The van der Waals surface area contributed by atoms with Gasteiger partial charge in [-0.25, -0.2) is 18.7 Å². The number of methoxy groups -OCH3 is 1. The average Bonchev–Trinajstić information content (AvgIpc) is 3.52. The molecule has 0 aliphatic heterocycles. The highest BCUT2D eigenvalue weighted by atomic mass is 19.1. The smallest absolute Gasteiger partial charge is 0.238 e. The Morgan fingerprint density at radius 3 is 2.56 bits per heavy atom. The largest absolute Gasteiger partial charge is 0.479 e. The maximum atomic E-state index is 13.5. The van der Waals surface area contributed by atoms with Crippen molar-refractivity contribution in [2.24, 2.45) is 16.8 Å². The van der Waals surface area contributed by atoms with E-state index < -0.39 is 23.5 Å². The molecule has 2 heterocycles. The molecule has 0 radical (unpaired) electrons. The Labute approximate surface area is 182 Å². The Balaban J connectivity index is 1.55. The monoisotopic (exact) mass is 441 g/mol. The van der Waals surface area contributed by atoms with Crippen molar-refractivity contribution in [3.8, 4) is 11.6 Å². The minimum Gasteiger partial charge on any atom is -0.479 e. The number of pyridine rings is 1. The van der Waals surface area contributed by atoms with Crippen LogP contribution in [0.25, 0.3) is 5.69 Å².